The first kappa shape index (κ1) is 25.7. The van der Waals surface area contributed by atoms with Gasteiger partial charge >= 0.3 is 5.97 Å². The molecule has 0 aliphatic carbocycles. The highest BCUT2D eigenvalue weighted by atomic mass is 79.9. The maximum atomic E-state index is 12.8. The SMILES string of the molecule is C=CCn1c(SCC(=O)Nc2scc(-c3ccc(OC)cc3)c2C(=O)OC)nnc1-c1ccc(Br)o1. The van der Waals surface area contributed by atoms with Gasteiger partial charge in [-0.3, -0.25) is 9.36 Å². The molecule has 4 aromatic rings. The number of methoxy groups -OCH3 is 2. The molecule has 3 aromatic heterocycles. The minimum atomic E-state index is -0.537. The van der Waals surface area contributed by atoms with E-state index in [4.69, 9.17) is 13.9 Å². The Labute approximate surface area is 223 Å². The summed E-state index contributed by atoms with van der Waals surface area (Å²) in [5.74, 6) is 0.979. The topological polar surface area (TPSA) is 108 Å². The van der Waals surface area contributed by atoms with E-state index in [1.807, 2.05) is 22.1 Å². The third-order valence-corrected chi connectivity index (χ3v) is 7.28. The Kier molecular flexibility index (Phi) is 8.28. The van der Waals surface area contributed by atoms with Gasteiger partial charge in [-0.2, -0.15) is 0 Å². The maximum Gasteiger partial charge on any atom is 0.341 e. The number of aromatic nitrogens is 3. The molecule has 0 radical (unpaired) electrons. The monoisotopic (exact) mass is 588 g/mol. The summed E-state index contributed by atoms with van der Waals surface area (Å²) in [4.78, 5) is 25.4. The molecule has 186 valence electrons. The number of halogens is 1. The number of rotatable bonds is 10. The van der Waals surface area contributed by atoms with Crippen molar-refractivity contribution in [2.75, 3.05) is 25.3 Å². The average Bonchev–Trinajstić information content (AvgIpc) is 3.61. The Bertz CT molecular complexity index is 1390. The summed E-state index contributed by atoms with van der Waals surface area (Å²) in [6.45, 7) is 4.22. The number of amides is 1. The van der Waals surface area contributed by atoms with Crippen molar-refractivity contribution in [3.63, 3.8) is 0 Å². The van der Waals surface area contributed by atoms with Gasteiger partial charge in [0.05, 0.1) is 20.0 Å². The van der Waals surface area contributed by atoms with Gasteiger partial charge in [0.2, 0.25) is 11.7 Å². The van der Waals surface area contributed by atoms with Gasteiger partial charge in [-0.05, 0) is 45.8 Å². The van der Waals surface area contributed by atoms with Crippen molar-refractivity contribution < 1.29 is 23.5 Å². The number of allylic oxidation sites excluding steroid dienone is 1. The number of thioether (sulfide) groups is 1. The van der Waals surface area contributed by atoms with E-state index >= 15 is 0 Å². The van der Waals surface area contributed by atoms with Crippen LogP contribution in [0.5, 0.6) is 5.75 Å². The van der Waals surface area contributed by atoms with Crippen LogP contribution >= 0.6 is 39.0 Å². The van der Waals surface area contributed by atoms with Crippen LogP contribution in [-0.2, 0) is 16.1 Å². The Morgan fingerprint density at radius 1 is 1.22 bits per heavy atom. The Morgan fingerprint density at radius 3 is 2.64 bits per heavy atom. The smallest absolute Gasteiger partial charge is 0.341 e. The van der Waals surface area contributed by atoms with Gasteiger partial charge < -0.3 is 19.2 Å². The Hall–Kier alpha value is -3.35. The molecule has 0 saturated carbocycles. The molecule has 36 heavy (non-hydrogen) atoms. The highest BCUT2D eigenvalue weighted by Crippen LogP contribution is 2.37. The van der Waals surface area contributed by atoms with Crippen molar-refractivity contribution in [1.82, 2.24) is 14.8 Å². The van der Waals surface area contributed by atoms with Gasteiger partial charge in [-0.15, -0.1) is 28.1 Å². The van der Waals surface area contributed by atoms with Crippen LogP contribution in [-0.4, -0.2) is 46.6 Å². The Balaban J connectivity index is 1.51. The van der Waals surface area contributed by atoms with Crippen LogP contribution in [0.15, 0.2) is 68.7 Å². The van der Waals surface area contributed by atoms with Gasteiger partial charge in [0.25, 0.3) is 0 Å². The highest BCUT2D eigenvalue weighted by Gasteiger charge is 2.23. The first-order valence-corrected chi connectivity index (χ1v) is 13.2. The molecule has 9 nitrogen and oxygen atoms in total. The van der Waals surface area contributed by atoms with E-state index in [9.17, 15) is 9.59 Å². The summed E-state index contributed by atoms with van der Waals surface area (Å²) in [6, 6.07) is 10.8. The minimum absolute atomic E-state index is 0.0491. The molecule has 0 saturated heterocycles. The van der Waals surface area contributed by atoms with Crippen molar-refractivity contribution in [3.8, 4) is 28.5 Å². The van der Waals surface area contributed by atoms with Gasteiger partial charge in [-0.25, -0.2) is 4.79 Å². The van der Waals surface area contributed by atoms with E-state index in [2.05, 4.69) is 38.0 Å². The maximum absolute atomic E-state index is 12.8. The van der Waals surface area contributed by atoms with E-state index in [1.54, 1.807) is 37.5 Å². The molecule has 4 rings (SSSR count). The van der Waals surface area contributed by atoms with Crippen molar-refractivity contribution in [1.29, 1.82) is 0 Å². The van der Waals surface area contributed by atoms with Crippen LogP contribution in [0.25, 0.3) is 22.7 Å². The first-order valence-electron chi connectivity index (χ1n) is 10.5. The summed E-state index contributed by atoms with van der Waals surface area (Å²) >= 11 is 5.75. The summed E-state index contributed by atoms with van der Waals surface area (Å²) in [6.07, 6.45) is 1.71. The second-order valence-electron chi connectivity index (χ2n) is 7.22. The lowest BCUT2D eigenvalue weighted by atomic mass is 10.0. The molecule has 1 amide bonds. The van der Waals surface area contributed by atoms with Crippen LogP contribution in [0.2, 0.25) is 0 Å². The fraction of sp³-hybridized carbons (Fsp3) is 0.167. The number of hydrogen-bond acceptors (Lipinski definition) is 9. The molecule has 0 aliphatic heterocycles. The number of benzene rings is 1. The van der Waals surface area contributed by atoms with Gasteiger partial charge in [-0.1, -0.05) is 30.0 Å². The second-order valence-corrected chi connectivity index (χ2v) is 9.82. The number of anilines is 1. The average molecular weight is 589 g/mol. The lowest BCUT2D eigenvalue weighted by Crippen LogP contribution is -2.16. The lowest BCUT2D eigenvalue weighted by molar-refractivity contribution is -0.113. The summed E-state index contributed by atoms with van der Waals surface area (Å²) in [7, 11) is 2.89. The number of ether oxygens (including phenoxy) is 2. The first-order chi connectivity index (χ1) is 17.4. The fourth-order valence-electron chi connectivity index (χ4n) is 3.34. The van der Waals surface area contributed by atoms with Gasteiger partial charge in [0.15, 0.2) is 15.6 Å². The van der Waals surface area contributed by atoms with Crippen LogP contribution in [0.1, 0.15) is 10.4 Å². The summed E-state index contributed by atoms with van der Waals surface area (Å²) < 4.78 is 18.2. The van der Waals surface area contributed by atoms with E-state index in [0.29, 0.717) is 49.8 Å². The number of thiophene rings is 1. The zero-order valence-electron chi connectivity index (χ0n) is 19.3. The molecule has 0 atom stereocenters. The molecule has 0 bridgehead atoms. The zero-order chi connectivity index (χ0) is 25.7. The van der Waals surface area contributed by atoms with Crippen LogP contribution < -0.4 is 10.1 Å². The number of carbonyl (C=O) groups excluding carboxylic acids is 2. The molecule has 0 unspecified atom stereocenters. The van der Waals surface area contributed by atoms with E-state index in [-0.39, 0.29) is 11.7 Å². The number of nitrogens with one attached hydrogen (secondary N) is 1. The molecule has 0 aliphatic rings. The largest absolute Gasteiger partial charge is 0.497 e. The van der Waals surface area contributed by atoms with Crippen LogP contribution in [0.4, 0.5) is 5.00 Å². The number of nitrogens with zero attached hydrogens (tertiary/aromatic N) is 3. The zero-order valence-corrected chi connectivity index (χ0v) is 22.5. The highest BCUT2D eigenvalue weighted by molar-refractivity contribution is 9.10. The summed E-state index contributed by atoms with van der Waals surface area (Å²) in [5, 5.41) is 14.0. The number of furan rings is 1. The van der Waals surface area contributed by atoms with Crippen molar-refractivity contribution in [3.05, 3.63) is 64.7 Å². The normalized spacial score (nSPS) is 10.8. The molecular formula is C24H21BrN4O5S2. The van der Waals surface area contributed by atoms with Crippen molar-refractivity contribution in [2.24, 2.45) is 0 Å². The number of carbonyl (C=O) groups is 2. The Morgan fingerprint density at radius 2 is 2.00 bits per heavy atom. The quantitative estimate of drug-likeness (QED) is 0.142. The lowest BCUT2D eigenvalue weighted by Gasteiger charge is -2.09. The minimum Gasteiger partial charge on any atom is -0.497 e. The predicted octanol–water partition coefficient (Wildman–Crippen LogP) is 5.74. The molecule has 1 aromatic carbocycles. The third-order valence-electron chi connectivity index (χ3n) is 4.99. The molecule has 3 heterocycles. The van der Waals surface area contributed by atoms with Crippen molar-refractivity contribution in [2.45, 2.75) is 11.7 Å². The van der Waals surface area contributed by atoms with Crippen molar-refractivity contribution >= 4 is 55.9 Å². The van der Waals surface area contributed by atoms with Gasteiger partial charge in [0, 0.05) is 17.5 Å². The predicted molar refractivity (Wildman–Crippen MR) is 143 cm³/mol. The van der Waals surface area contributed by atoms with E-state index in [0.717, 1.165) is 5.56 Å². The molecule has 0 fully saturated rings. The standard InChI is InChI=1S/C24H21BrN4O5S2/c1-4-11-29-21(17-9-10-18(25)34-17)27-28-24(29)36-13-19(30)26-22-20(23(31)33-3)16(12-35-22)14-5-7-15(32-2)8-6-14/h4-10,12H,1,11,13H2,2-3H3,(H,26,30). The summed E-state index contributed by atoms with van der Waals surface area (Å²) in [5.41, 5.74) is 1.76. The fourth-order valence-corrected chi connectivity index (χ4v) is 5.36. The molecular weight excluding hydrogens is 568 g/mol. The molecule has 12 heteroatoms. The molecule has 1 N–H and O–H groups in total. The van der Waals surface area contributed by atoms with E-state index in [1.165, 1.54) is 30.2 Å². The molecule has 0 spiro atoms. The third kappa shape index (κ3) is 5.55. The van der Waals surface area contributed by atoms with Crippen LogP contribution in [0, 0.1) is 0 Å². The number of esters is 1. The van der Waals surface area contributed by atoms with E-state index < -0.39 is 5.97 Å². The second kappa shape index (κ2) is 11.6. The van der Waals surface area contributed by atoms with Crippen LogP contribution in [0.3, 0.4) is 0 Å². The number of hydrogen-bond donors (Lipinski definition) is 1. The van der Waals surface area contributed by atoms with Gasteiger partial charge in [0.1, 0.15) is 16.3 Å².